The van der Waals surface area contributed by atoms with Crippen molar-refractivity contribution in [3.63, 3.8) is 0 Å². The maximum absolute atomic E-state index is 13.1. The third kappa shape index (κ3) is 3.74. The number of amides is 1. The fourth-order valence-corrected chi connectivity index (χ4v) is 3.38. The molecule has 0 unspecified atom stereocenters. The van der Waals surface area contributed by atoms with Crippen LogP contribution in [0.1, 0.15) is 32.9 Å². The minimum atomic E-state index is -0.260. The van der Waals surface area contributed by atoms with Crippen LogP contribution >= 0.6 is 0 Å². The van der Waals surface area contributed by atoms with Gasteiger partial charge in [-0.05, 0) is 38.5 Å². The molecule has 4 aromatic rings. The lowest BCUT2D eigenvalue weighted by Crippen LogP contribution is -2.14. The first-order valence-corrected chi connectivity index (χ1v) is 9.67. The van der Waals surface area contributed by atoms with Crippen molar-refractivity contribution in [2.75, 3.05) is 12.4 Å². The predicted octanol–water partition coefficient (Wildman–Crippen LogP) is 4.06. The molecular weight excluding hydrogens is 378 g/mol. The third-order valence-corrected chi connectivity index (χ3v) is 5.09. The Morgan fingerprint density at radius 2 is 1.83 bits per heavy atom. The van der Waals surface area contributed by atoms with Gasteiger partial charge in [0, 0.05) is 12.3 Å². The van der Waals surface area contributed by atoms with Crippen LogP contribution in [0.3, 0.4) is 0 Å². The molecule has 1 amide bonds. The van der Waals surface area contributed by atoms with Crippen molar-refractivity contribution < 1.29 is 9.53 Å². The molecule has 3 heterocycles. The van der Waals surface area contributed by atoms with E-state index in [-0.39, 0.29) is 5.91 Å². The second-order valence-corrected chi connectivity index (χ2v) is 7.22. The van der Waals surface area contributed by atoms with Gasteiger partial charge in [-0.3, -0.25) is 14.5 Å². The van der Waals surface area contributed by atoms with E-state index in [0.29, 0.717) is 34.7 Å². The molecule has 1 N–H and O–H groups in total. The summed E-state index contributed by atoms with van der Waals surface area (Å²) in [5.41, 5.74) is 6.30. The highest BCUT2D eigenvalue weighted by Crippen LogP contribution is 2.24. The standard InChI is InChI=1S/C23H23N5O2/c1-14-5-7-17(8-6-14)13-28-16(3)21(15(2)27-28)26-23(29)18-11-12-24-19-9-10-20(30-4)25-22(18)19/h5-12H,13H2,1-4H3,(H,26,29). The molecule has 0 spiro atoms. The summed E-state index contributed by atoms with van der Waals surface area (Å²) in [6.07, 6.45) is 1.60. The van der Waals surface area contributed by atoms with Crippen LogP contribution in [0.15, 0.2) is 48.7 Å². The average molecular weight is 401 g/mol. The van der Waals surface area contributed by atoms with Gasteiger partial charge in [0.1, 0.15) is 5.52 Å². The van der Waals surface area contributed by atoms with E-state index in [1.165, 1.54) is 5.56 Å². The van der Waals surface area contributed by atoms with E-state index < -0.39 is 0 Å². The Hall–Kier alpha value is -3.74. The molecule has 7 heteroatoms. The van der Waals surface area contributed by atoms with Crippen LogP contribution in [0.2, 0.25) is 0 Å². The van der Waals surface area contributed by atoms with E-state index in [4.69, 9.17) is 4.74 Å². The van der Waals surface area contributed by atoms with Gasteiger partial charge in [0.2, 0.25) is 5.88 Å². The molecule has 0 aliphatic carbocycles. The number of hydrogen-bond donors (Lipinski definition) is 1. The number of benzene rings is 1. The van der Waals surface area contributed by atoms with Gasteiger partial charge in [-0.2, -0.15) is 5.10 Å². The number of nitrogens with one attached hydrogen (secondary N) is 1. The van der Waals surface area contributed by atoms with Crippen molar-refractivity contribution >= 4 is 22.6 Å². The first-order valence-electron chi connectivity index (χ1n) is 9.67. The minimum absolute atomic E-state index is 0.260. The summed E-state index contributed by atoms with van der Waals surface area (Å²) < 4.78 is 7.10. The van der Waals surface area contributed by atoms with Crippen LogP contribution in [0.5, 0.6) is 5.88 Å². The molecule has 0 aliphatic heterocycles. The van der Waals surface area contributed by atoms with Crippen LogP contribution in [-0.2, 0) is 6.54 Å². The van der Waals surface area contributed by atoms with Gasteiger partial charge >= 0.3 is 0 Å². The highest BCUT2D eigenvalue weighted by Gasteiger charge is 2.18. The summed E-state index contributed by atoms with van der Waals surface area (Å²) in [5, 5.41) is 7.63. The van der Waals surface area contributed by atoms with Gasteiger partial charge in [-0.25, -0.2) is 4.98 Å². The Morgan fingerprint density at radius 3 is 2.57 bits per heavy atom. The maximum Gasteiger partial charge on any atom is 0.258 e. The summed E-state index contributed by atoms with van der Waals surface area (Å²) in [7, 11) is 1.54. The molecule has 7 nitrogen and oxygen atoms in total. The number of fused-ring (bicyclic) bond motifs is 1. The van der Waals surface area contributed by atoms with Gasteiger partial charge in [0.25, 0.3) is 5.91 Å². The van der Waals surface area contributed by atoms with Crippen molar-refractivity contribution in [3.8, 4) is 5.88 Å². The van der Waals surface area contributed by atoms with Crippen LogP contribution in [0.25, 0.3) is 11.0 Å². The predicted molar refractivity (Wildman–Crippen MR) is 116 cm³/mol. The Balaban J connectivity index is 1.63. The molecule has 0 radical (unpaired) electrons. The summed E-state index contributed by atoms with van der Waals surface area (Å²) in [4.78, 5) is 21.8. The van der Waals surface area contributed by atoms with E-state index in [0.717, 1.165) is 17.0 Å². The molecule has 0 saturated carbocycles. The number of nitrogens with zero attached hydrogens (tertiary/aromatic N) is 4. The molecule has 0 saturated heterocycles. The molecule has 0 bridgehead atoms. The lowest BCUT2D eigenvalue weighted by Gasteiger charge is -2.09. The molecule has 3 aromatic heterocycles. The van der Waals surface area contributed by atoms with Gasteiger partial charge in [0.15, 0.2) is 0 Å². The summed E-state index contributed by atoms with van der Waals surface area (Å²) in [6.45, 7) is 6.55. The first kappa shape index (κ1) is 19.6. The number of methoxy groups -OCH3 is 1. The summed E-state index contributed by atoms with van der Waals surface area (Å²) >= 11 is 0. The Morgan fingerprint density at radius 1 is 1.07 bits per heavy atom. The second-order valence-electron chi connectivity index (χ2n) is 7.22. The lowest BCUT2D eigenvalue weighted by atomic mass is 10.1. The first-order chi connectivity index (χ1) is 14.5. The molecule has 1 aromatic carbocycles. The number of aryl methyl sites for hydroxylation is 2. The van der Waals surface area contributed by atoms with E-state index in [2.05, 4.69) is 51.6 Å². The number of rotatable bonds is 5. The van der Waals surface area contributed by atoms with E-state index >= 15 is 0 Å². The zero-order valence-electron chi connectivity index (χ0n) is 17.4. The van der Waals surface area contributed by atoms with E-state index in [1.807, 2.05) is 18.5 Å². The molecule has 152 valence electrons. The Kier molecular flexibility index (Phi) is 5.18. The Labute approximate surface area is 174 Å². The van der Waals surface area contributed by atoms with Crippen LogP contribution in [0, 0.1) is 20.8 Å². The number of carbonyl (C=O) groups is 1. The van der Waals surface area contributed by atoms with Crippen molar-refractivity contribution in [1.29, 1.82) is 0 Å². The molecule has 4 rings (SSSR count). The van der Waals surface area contributed by atoms with Crippen molar-refractivity contribution in [2.45, 2.75) is 27.3 Å². The number of hydrogen-bond acceptors (Lipinski definition) is 5. The van der Waals surface area contributed by atoms with E-state index in [9.17, 15) is 4.79 Å². The SMILES string of the molecule is COc1ccc2nccc(C(=O)Nc3c(C)nn(Cc4ccc(C)cc4)c3C)c2n1. The molecular formula is C23H23N5O2. The molecule has 30 heavy (non-hydrogen) atoms. The molecule has 0 atom stereocenters. The van der Waals surface area contributed by atoms with Crippen LogP contribution in [-0.4, -0.2) is 32.8 Å². The zero-order valence-corrected chi connectivity index (χ0v) is 17.4. The fraction of sp³-hybridized carbons (Fsp3) is 0.217. The summed E-state index contributed by atoms with van der Waals surface area (Å²) in [5.74, 6) is 0.173. The highest BCUT2D eigenvalue weighted by atomic mass is 16.5. The number of anilines is 1. The minimum Gasteiger partial charge on any atom is -0.481 e. The number of ether oxygens (including phenoxy) is 1. The summed E-state index contributed by atoms with van der Waals surface area (Å²) in [6, 6.07) is 13.5. The quantitative estimate of drug-likeness (QED) is 0.545. The lowest BCUT2D eigenvalue weighted by molar-refractivity contribution is 0.102. The number of aromatic nitrogens is 4. The normalized spacial score (nSPS) is 10.9. The van der Waals surface area contributed by atoms with Crippen molar-refractivity contribution in [1.82, 2.24) is 19.7 Å². The number of pyridine rings is 2. The smallest absolute Gasteiger partial charge is 0.258 e. The Bertz CT molecular complexity index is 1230. The van der Waals surface area contributed by atoms with Gasteiger partial charge < -0.3 is 10.1 Å². The largest absolute Gasteiger partial charge is 0.481 e. The second kappa shape index (κ2) is 7.94. The van der Waals surface area contributed by atoms with Gasteiger partial charge in [-0.1, -0.05) is 29.8 Å². The average Bonchev–Trinajstić information content (AvgIpc) is 3.01. The third-order valence-electron chi connectivity index (χ3n) is 5.09. The van der Waals surface area contributed by atoms with Crippen LogP contribution < -0.4 is 10.1 Å². The number of carbonyl (C=O) groups excluding carboxylic acids is 1. The zero-order chi connectivity index (χ0) is 21.3. The highest BCUT2D eigenvalue weighted by molar-refractivity contribution is 6.11. The van der Waals surface area contributed by atoms with Gasteiger partial charge in [-0.15, -0.1) is 0 Å². The molecule has 0 aliphatic rings. The fourth-order valence-electron chi connectivity index (χ4n) is 3.38. The van der Waals surface area contributed by atoms with Crippen molar-refractivity contribution in [3.05, 3.63) is 76.7 Å². The maximum atomic E-state index is 13.1. The van der Waals surface area contributed by atoms with E-state index in [1.54, 1.807) is 31.5 Å². The van der Waals surface area contributed by atoms with Crippen molar-refractivity contribution in [2.24, 2.45) is 0 Å². The topological polar surface area (TPSA) is 81.9 Å². The van der Waals surface area contributed by atoms with Gasteiger partial charge in [0.05, 0.1) is 41.8 Å². The molecule has 0 fully saturated rings. The monoisotopic (exact) mass is 401 g/mol. The van der Waals surface area contributed by atoms with Crippen LogP contribution in [0.4, 0.5) is 5.69 Å².